The normalized spacial score (nSPS) is 14.1. The van der Waals surface area contributed by atoms with E-state index in [4.69, 9.17) is 5.73 Å². The Labute approximate surface area is 119 Å². The van der Waals surface area contributed by atoms with Crippen molar-refractivity contribution in [3.63, 3.8) is 0 Å². The van der Waals surface area contributed by atoms with E-state index >= 15 is 0 Å². The molecule has 0 spiro atoms. The molecule has 2 N–H and O–H groups in total. The van der Waals surface area contributed by atoms with Gasteiger partial charge in [0.05, 0.1) is 5.52 Å². The number of nitrogens with two attached hydrogens (primary N) is 1. The molecule has 0 aliphatic carbocycles. The van der Waals surface area contributed by atoms with Gasteiger partial charge in [-0.2, -0.15) is 0 Å². The monoisotopic (exact) mass is 262 g/mol. The van der Waals surface area contributed by atoms with Gasteiger partial charge in [0.2, 0.25) is 0 Å². The summed E-state index contributed by atoms with van der Waals surface area (Å²) in [5, 5.41) is 1.15. The van der Waals surface area contributed by atoms with Gasteiger partial charge in [-0.25, -0.2) is 0 Å². The zero-order chi connectivity index (χ0) is 13.9. The molecule has 2 unspecified atom stereocenters. The van der Waals surface area contributed by atoms with Gasteiger partial charge in [0, 0.05) is 23.5 Å². The van der Waals surface area contributed by atoms with E-state index in [0.29, 0.717) is 0 Å². The van der Waals surface area contributed by atoms with Crippen molar-refractivity contribution in [2.24, 2.45) is 5.73 Å². The SMILES string of the molecule is CC(c1ccccc1)C(N)c1ccc2cccnc2c1. The van der Waals surface area contributed by atoms with Crippen LogP contribution in [0, 0.1) is 0 Å². The summed E-state index contributed by atoms with van der Waals surface area (Å²) in [6.45, 7) is 2.17. The Morgan fingerprint density at radius 2 is 1.70 bits per heavy atom. The van der Waals surface area contributed by atoms with Gasteiger partial charge in [0.15, 0.2) is 0 Å². The Morgan fingerprint density at radius 3 is 2.50 bits per heavy atom. The van der Waals surface area contributed by atoms with E-state index in [0.717, 1.165) is 16.5 Å². The fraction of sp³-hybridized carbons (Fsp3) is 0.167. The standard InChI is InChI=1S/C18H18N2/c1-13(14-6-3-2-4-7-14)18(19)16-10-9-15-8-5-11-20-17(15)12-16/h2-13,18H,19H2,1H3. The molecule has 0 radical (unpaired) electrons. The molecule has 0 fully saturated rings. The first-order valence-electron chi connectivity index (χ1n) is 6.91. The molecule has 3 aromatic rings. The van der Waals surface area contributed by atoms with Crippen molar-refractivity contribution < 1.29 is 0 Å². The van der Waals surface area contributed by atoms with E-state index in [2.05, 4.69) is 60.4 Å². The number of aromatic nitrogens is 1. The van der Waals surface area contributed by atoms with Crippen LogP contribution >= 0.6 is 0 Å². The van der Waals surface area contributed by atoms with E-state index in [-0.39, 0.29) is 12.0 Å². The molecule has 100 valence electrons. The van der Waals surface area contributed by atoms with Gasteiger partial charge < -0.3 is 5.73 Å². The average molecular weight is 262 g/mol. The Hall–Kier alpha value is -2.19. The molecule has 20 heavy (non-hydrogen) atoms. The van der Waals surface area contributed by atoms with Gasteiger partial charge in [-0.15, -0.1) is 0 Å². The minimum atomic E-state index is -0.0243. The van der Waals surface area contributed by atoms with Gasteiger partial charge in [0.25, 0.3) is 0 Å². The second kappa shape index (κ2) is 5.43. The van der Waals surface area contributed by atoms with E-state index in [1.54, 1.807) is 0 Å². The van der Waals surface area contributed by atoms with Crippen LogP contribution in [0.5, 0.6) is 0 Å². The van der Waals surface area contributed by atoms with Crippen LogP contribution in [0.25, 0.3) is 10.9 Å². The zero-order valence-electron chi connectivity index (χ0n) is 11.5. The van der Waals surface area contributed by atoms with Crippen molar-refractivity contribution in [2.45, 2.75) is 18.9 Å². The van der Waals surface area contributed by atoms with E-state index in [1.165, 1.54) is 5.56 Å². The van der Waals surface area contributed by atoms with Gasteiger partial charge in [-0.1, -0.05) is 55.5 Å². The van der Waals surface area contributed by atoms with Crippen molar-refractivity contribution in [2.75, 3.05) is 0 Å². The molecule has 0 saturated carbocycles. The van der Waals surface area contributed by atoms with E-state index < -0.39 is 0 Å². The minimum absolute atomic E-state index is 0.0243. The smallest absolute Gasteiger partial charge is 0.0705 e. The Morgan fingerprint density at radius 1 is 0.900 bits per heavy atom. The third-order valence-corrected chi connectivity index (χ3v) is 3.88. The molecule has 0 aliphatic heterocycles. The van der Waals surface area contributed by atoms with Crippen molar-refractivity contribution >= 4 is 10.9 Å². The molecule has 0 bridgehead atoms. The molecule has 3 rings (SSSR count). The number of hydrogen-bond donors (Lipinski definition) is 1. The lowest BCUT2D eigenvalue weighted by Crippen LogP contribution is -2.17. The topological polar surface area (TPSA) is 38.9 Å². The lowest BCUT2D eigenvalue weighted by molar-refractivity contribution is 0.598. The Bertz CT molecular complexity index is 707. The lowest BCUT2D eigenvalue weighted by Gasteiger charge is -2.21. The summed E-state index contributed by atoms with van der Waals surface area (Å²) in [6.07, 6.45) is 1.82. The molecule has 2 nitrogen and oxygen atoms in total. The molecule has 2 aromatic carbocycles. The van der Waals surface area contributed by atoms with Gasteiger partial charge >= 0.3 is 0 Å². The average Bonchev–Trinajstić information content (AvgIpc) is 2.54. The fourth-order valence-electron chi connectivity index (χ4n) is 2.54. The highest BCUT2D eigenvalue weighted by molar-refractivity contribution is 5.79. The van der Waals surface area contributed by atoms with Crippen molar-refractivity contribution in [3.8, 4) is 0 Å². The van der Waals surface area contributed by atoms with Crippen LogP contribution in [0.15, 0.2) is 66.9 Å². The third kappa shape index (κ3) is 2.43. The first-order valence-corrected chi connectivity index (χ1v) is 6.91. The first kappa shape index (κ1) is 12.8. The molecule has 1 heterocycles. The highest BCUT2D eigenvalue weighted by atomic mass is 14.7. The largest absolute Gasteiger partial charge is 0.323 e. The predicted molar refractivity (Wildman–Crippen MR) is 83.5 cm³/mol. The Balaban J connectivity index is 1.94. The van der Waals surface area contributed by atoms with Crippen LogP contribution in [0.2, 0.25) is 0 Å². The maximum Gasteiger partial charge on any atom is 0.0705 e. The summed E-state index contributed by atoms with van der Waals surface area (Å²) in [5.74, 6) is 0.275. The zero-order valence-corrected chi connectivity index (χ0v) is 11.5. The molecule has 0 saturated heterocycles. The van der Waals surface area contributed by atoms with Crippen LogP contribution in [0.3, 0.4) is 0 Å². The number of nitrogens with zero attached hydrogens (tertiary/aromatic N) is 1. The van der Waals surface area contributed by atoms with Crippen molar-refractivity contribution in [1.29, 1.82) is 0 Å². The fourth-order valence-corrected chi connectivity index (χ4v) is 2.54. The van der Waals surface area contributed by atoms with Gasteiger partial charge in [-0.3, -0.25) is 4.98 Å². The molecular weight excluding hydrogens is 244 g/mol. The highest BCUT2D eigenvalue weighted by Crippen LogP contribution is 2.29. The van der Waals surface area contributed by atoms with Crippen LogP contribution in [0.1, 0.15) is 30.0 Å². The summed E-state index contributed by atoms with van der Waals surface area (Å²) >= 11 is 0. The maximum absolute atomic E-state index is 6.43. The molecule has 0 aliphatic rings. The maximum atomic E-state index is 6.43. The number of benzene rings is 2. The lowest BCUT2D eigenvalue weighted by atomic mass is 9.89. The summed E-state index contributed by atoms with van der Waals surface area (Å²) in [5.41, 5.74) is 9.83. The van der Waals surface area contributed by atoms with Crippen LogP contribution < -0.4 is 5.73 Å². The van der Waals surface area contributed by atoms with E-state index in [9.17, 15) is 0 Å². The van der Waals surface area contributed by atoms with Gasteiger partial charge in [0.1, 0.15) is 0 Å². The first-order chi connectivity index (χ1) is 9.75. The molecule has 1 aromatic heterocycles. The molecular formula is C18H18N2. The van der Waals surface area contributed by atoms with Crippen LogP contribution in [-0.4, -0.2) is 4.98 Å². The summed E-state index contributed by atoms with van der Waals surface area (Å²) in [6, 6.07) is 20.7. The molecule has 2 heteroatoms. The number of rotatable bonds is 3. The highest BCUT2D eigenvalue weighted by Gasteiger charge is 2.16. The number of pyridine rings is 1. The summed E-state index contributed by atoms with van der Waals surface area (Å²) < 4.78 is 0. The summed E-state index contributed by atoms with van der Waals surface area (Å²) in [4.78, 5) is 4.40. The quantitative estimate of drug-likeness (QED) is 0.773. The number of fused-ring (bicyclic) bond motifs is 1. The minimum Gasteiger partial charge on any atom is -0.323 e. The van der Waals surface area contributed by atoms with Crippen LogP contribution in [-0.2, 0) is 0 Å². The molecule has 2 atom stereocenters. The van der Waals surface area contributed by atoms with Gasteiger partial charge in [-0.05, 0) is 23.3 Å². The second-order valence-corrected chi connectivity index (χ2v) is 5.18. The second-order valence-electron chi connectivity index (χ2n) is 5.18. The van der Waals surface area contributed by atoms with E-state index in [1.807, 2.05) is 18.3 Å². The third-order valence-electron chi connectivity index (χ3n) is 3.88. The van der Waals surface area contributed by atoms with Crippen molar-refractivity contribution in [3.05, 3.63) is 78.0 Å². The molecule has 0 amide bonds. The summed E-state index contributed by atoms with van der Waals surface area (Å²) in [7, 11) is 0. The number of hydrogen-bond acceptors (Lipinski definition) is 2. The Kier molecular flexibility index (Phi) is 3.48. The predicted octanol–water partition coefficient (Wildman–Crippen LogP) is 4.04. The van der Waals surface area contributed by atoms with Crippen molar-refractivity contribution in [1.82, 2.24) is 4.98 Å². The van der Waals surface area contributed by atoms with Crippen LogP contribution in [0.4, 0.5) is 0 Å².